The number of furan rings is 1. The molecule has 0 bridgehead atoms. The Labute approximate surface area is 127 Å². The van der Waals surface area contributed by atoms with Crippen molar-refractivity contribution in [2.75, 3.05) is 23.9 Å². The van der Waals surface area contributed by atoms with Gasteiger partial charge in [0.25, 0.3) is 0 Å². The van der Waals surface area contributed by atoms with E-state index < -0.39 is 0 Å². The summed E-state index contributed by atoms with van der Waals surface area (Å²) in [7, 11) is 4.51. The van der Waals surface area contributed by atoms with E-state index in [0.29, 0.717) is 12.1 Å². The number of fused-ring (bicyclic) bond motifs is 7. The van der Waals surface area contributed by atoms with Crippen LogP contribution in [0.25, 0.3) is 0 Å². The Hall–Kier alpha value is -1.12. The Bertz CT molecular complexity index is 530. The highest BCUT2D eigenvalue weighted by Crippen LogP contribution is 2.59. The van der Waals surface area contributed by atoms with Crippen LogP contribution in [0.1, 0.15) is 74.3 Å². The van der Waals surface area contributed by atoms with Crippen molar-refractivity contribution in [3.8, 4) is 0 Å². The molecule has 3 nitrogen and oxygen atoms in total. The molecule has 1 aromatic heterocycles. The van der Waals surface area contributed by atoms with Gasteiger partial charge in [-0.3, -0.25) is 0 Å². The van der Waals surface area contributed by atoms with Crippen LogP contribution in [0.2, 0.25) is 0 Å². The summed E-state index contributed by atoms with van der Waals surface area (Å²) in [6.45, 7) is 0. The zero-order valence-corrected chi connectivity index (χ0v) is 13.3. The van der Waals surface area contributed by atoms with Gasteiger partial charge in [0, 0.05) is 49.1 Å². The lowest BCUT2D eigenvalue weighted by Gasteiger charge is -2.31. The average molecular weight is 286 g/mol. The SMILES string of the molecule is CN1c2oc3c(c2C2CCCCC21)C1CCCCC1N3C. The van der Waals surface area contributed by atoms with E-state index in [1.165, 1.54) is 63.1 Å². The van der Waals surface area contributed by atoms with Gasteiger partial charge in [-0.05, 0) is 25.7 Å². The molecule has 5 rings (SSSR count). The molecule has 0 amide bonds. The summed E-state index contributed by atoms with van der Waals surface area (Å²) in [5.41, 5.74) is 3.25. The first-order valence-corrected chi connectivity index (χ1v) is 8.89. The van der Waals surface area contributed by atoms with Crippen molar-refractivity contribution >= 4 is 11.8 Å². The Morgan fingerprint density at radius 2 is 1.14 bits per heavy atom. The molecule has 2 fully saturated rings. The largest absolute Gasteiger partial charge is 0.424 e. The minimum absolute atomic E-state index is 0.714. The van der Waals surface area contributed by atoms with Crippen LogP contribution in [-0.2, 0) is 0 Å². The maximum atomic E-state index is 6.43. The van der Waals surface area contributed by atoms with Crippen LogP contribution in [0, 0.1) is 0 Å². The number of anilines is 2. The van der Waals surface area contributed by atoms with E-state index in [4.69, 9.17) is 4.42 Å². The molecule has 21 heavy (non-hydrogen) atoms. The van der Waals surface area contributed by atoms with Crippen molar-refractivity contribution < 1.29 is 4.42 Å². The van der Waals surface area contributed by atoms with Gasteiger partial charge in [-0.1, -0.05) is 25.7 Å². The van der Waals surface area contributed by atoms with Crippen molar-refractivity contribution in [2.45, 2.75) is 75.3 Å². The second-order valence-electron chi connectivity index (χ2n) is 7.68. The quantitative estimate of drug-likeness (QED) is 0.711. The van der Waals surface area contributed by atoms with Crippen LogP contribution < -0.4 is 9.80 Å². The van der Waals surface area contributed by atoms with E-state index >= 15 is 0 Å². The first kappa shape index (κ1) is 12.4. The van der Waals surface area contributed by atoms with Crippen molar-refractivity contribution in [3.05, 3.63) is 11.1 Å². The first-order valence-electron chi connectivity index (χ1n) is 8.89. The second-order valence-corrected chi connectivity index (χ2v) is 7.68. The van der Waals surface area contributed by atoms with Crippen molar-refractivity contribution in [2.24, 2.45) is 0 Å². The molecule has 114 valence electrons. The molecule has 2 saturated carbocycles. The third-order valence-electron chi connectivity index (χ3n) is 6.78. The summed E-state index contributed by atoms with van der Waals surface area (Å²) in [4.78, 5) is 4.92. The number of nitrogens with zero attached hydrogens (tertiary/aromatic N) is 2. The fraction of sp³-hybridized carbons (Fsp3) is 0.778. The predicted octanol–water partition coefficient (Wildman–Crippen LogP) is 4.23. The fourth-order valence-corrected chi connectivity index (χ4v) is 5.80. The van der Waals surface area contributed by atoms with Crippen molar-refractivity contribution in [3.63, 3.8) is 0 Å². The smallest absolute Gasteiger partial charge is 0.202 e. The lowest BCUT2D eigenvalue weighted by atomic mass is 9.76. The fourth-order valence-electron chi connectivity index (χ4n) is 5.80. The molecule has 4 atom stereocenters. The summed E-state index contributed by atoms with van der Waals surface area (Å²) in [5.74, 6) is 3.93. The molecule has 4 aliphatic rings. The van der Waals surface area contributed by atoms with Gasteiger partial charge in [0.05, 0.1) is 0 Å². The van der Waals surface area contributed by atoms with Gasteiger partial charge in [-0.25, -0.2) is 0 Å². The van der Waals surface area contributed by atoms with Gasteiger partial charge in [0.15, 0.2) is 0 Å². The Balaban J connectivity index is 1.65. The Morgan fingerprint density at radius 1 is 0.714 bits per heavy atom. The van der Waals surface area contributed by atoms with Gasteiger partial charge >= 0.3 is 0 Å². The molecule has 3 heteroatoms. The summed E-state index contributed by atoms with van der Waals surface area (Å²) in [5, 5.41) is 0. The summed E-state index contributed by atoms with van der Waals surface area (Å²) < 4.78 is 6.43. The minimum Gasteiger partial charge on any atom is -0.424 e. The Morgan fingerprint density at radius 3 is 1.62 bits per heavy atom. The highest BCUT2D eigenvalue weighted by Gasteiger charge is 2.50. The molecule has 0 saturated heterocycles. The van der Waals surface area contributed by atoms with Crippen LogP contribution in [0.15, 0.2) is 4.42 Å². The zero-order valence-electron chi connectivity index (χ0n) is 13.3. The molecule has 0 spiro atoms. The molecule has 0 radical (unpaired) electrons. The predicted molar refractivity (Wildman–Crippen MR) is 85.5 cm³/mol. The molecule has 0 N–H and O–H groups in total. The number of hydrogen-bond acceptors (Lipinski definition) is 3. The lowest BCUT2D eigenvalue weighted by Crippen LogP contribution is -2.33. The van der Waals surface area contributed by atoms with E-state index in [9.17, 15) is 0 Å². The molecule has 1 aromatic rings. The van der Waals surface area contributed by atoms with Gasteiger partial charge in [-0.15, -0.1) is 0 Å². The van der Waals surface area contributed by atoms with Crippen LogP contribution in [0.5, 0.6) is 0 Å². The topological polar surface area (TPSA) is 19.6 Å². The van der Waals surface area contributed by atoms with Crippen LogP contribution in [-0.4, -0.2) is 26.2 Å². The second kappa shape index (κ2) is 4.21. The minimum atomic E-state index is 0.714. The number of rotatable bonds is 0. The van der Waals surface area contributed by atoms with Gasteiger partial charge in [0.1, 0.15) is 0 Å². The van der Waals surface area contributed by atoms with E-state index in [2.05, 4.69) is 23.9 Å². The van der Waals surface area contributed by atoms with E-state index in [1.54, 1.807) is 11.1 Å². The van der Waals surface area contributed by atoms with E-state index in [-0.39, 0.29) is 0 Å². The van der Waals surface area contributed by atoms with Gasteiger partial charge in [-0.2, -0.15) is 0 Å². The maximum Gasteiger partial charge on any atom is 0.202 e. The average Bonchev–Trinajstić information content (AvgIpc) is 3.12. The van der Waals surface area contributed by atoms with Crippen molar-refractivity contribution in [1.82, 2.24) is 0 Å². The summed E-state index contributed by atoms with van der Waals surface area (Å²) in [6.07, 6.45) is 11.0. The molecule has 2 aliphatic heterocycles. The molecule has 2 aliphatic carbocycles. The third-order valence-corrected chi connectivity index (χ3v) is 6.78. The summed E-state index contributed by atoms with van der Waals surface area (Å²) >= 11 is 0. The molecular weight excluding hydrogens is 260 g/mol. The highest BCUT2D eigenvalue weighted by molar-refractivity contribution is 5.70. The first-order chi connectivity index (χ1) is 10.3. The highest BCUT2D eigenvalue weighted by atomic mass is 16.4. The molecule has 4 unspecified atom stereocenters. The van der Waals surface area contributed by atoms with Gasteiger partial charge in [0.2, 0.25) is 11.8 Å². The number of hydrogen-bond donors (Lipinski definition) is 0. The molecular formula is C18H26N2O. The van der Waals surface area contributed by atoms with Crippen LogP contribution >= 0.6 is 0 Å². The Kier molecular flexibility index (Phi) is 2.49. The molecule has 0 aromatic carbocycles. The number of likely N-dealkylation sites (N-methyl/N-ethyl adjacent to an activating group) is 2. The monoisotopic (exact) mass is 286 g/mol. The lowest BCUT2D eigenvalue weighted by molar-refractivity contribution is 0.380. The van der Waals surface area contributed by atoms with Crippen molar-refractivity contribution in [1.29, 1.82) is 0 Å². The van der Waals surface area contributed by atoms with E-state index in [0.717, 1.165) is 11.8 Å². The maximum absolute atomic E-state index is 6.43. The van der Waals surface area contributed by atoms with Gasteiger partial charge < -0.3 is 14.2 Å². The third kappa shape index (κ3) is 1.45. The standard InChI is InChI=1S/C18H26N2O/c1-19-13-9-5-3-7-11(13)15-16-12-8-4-6-10-14(12)20(2)18(16)21-17(15)19/h11-14H,3-10H2,1-2H3. The van der Waals surface area contributed by atoms with E-state index in [1.807, 2.05) is 0 Å². The molecule has 3 heterocycles. The van der Waals surface area contributed by atoms with Crippen LogP contribution in [0.3, 0.4) is 0 Å². The zero-order chi connectivity index (χ0) is 14.1. The normalized spacial score (nSPS) is 37.2. The summed E-state index contributed by atoms with van der Waals surface area (Å²) in [6, 6.07) is 1.43. The van der Waals surface area contributed by atoms with Crippen LogP contribution in [0.4, 0.5) is 11.8 Å².